The molecule has 1 amide bonds. The van der Waals surface area contributed by atoms with Crippen molar-refractivity contribution in [2.45, 2.75) is 19.9 Å². The molecule has 1 aliphatic heterocycles. The second-order valence-corrected chi connectivity index (χ2v) is 6.46. The van der Waals surface area contributed by atoms with Crippen molar-refractivity contribution in [3.05, 3.63) is 65.4 Å². The molecule has 0 spiro atoms. The second kappa shape index (κ2) is 8.09. The zero-order valence-corrected chi connectivity index (χ0v) is 15.9. The third-order valence-corrected chi connectivity index (χ3v) is 4.38. The first-order valence-electron chi connectivity index (χ1n) is 8.60. The molecule has 3 rings (SSSR count). The average Bonchev–Trinajstić information content (AvgIpc) is 2.63. The summed E-state index contributed by atoms with van der Waals surface area (Å²) in [5, 5.41) is 19.4. The molecular formula is C20H21N3O3S. The van der Waals surface area contributed by atoms with Crippen LogP contribution in [0.5, 0.6) is 11.5 Å². The van der Waals surface area contributed by atoms with E-state index in [1.54, 1.807) is 18.2 Å². The Morgan fingerprint density at radius 3 is 2.70 bits per heavy atom. The maximum Gasteiger partial charge on any atom is 0.255 e. The number of rotatable bonds is 5. The SMILES string of the molecule is CCOc1cc([C@H]2NC(=S)NC(C)=C2C(=O)Nc2ccccc2)ccc1O. The largest absolute Gasteiger partial charge is 0.504 e. The number of benzene rings is 2. The number of hydrogen-bond acceptors (Lipinski definition) is 4. The van der Waals surface area contributed by atoms with E-state index in [9.17, 15) is 9.90 Å². The van der Waals surface area contributed by atoms with Crippen LogP contribution in [0.15, 0.2) is 59.8 Å². The normalized spacial score (nSPS) is 16.4. The van der Waals surface area contributed by atoms with Crippen LogP contribution in [-0.2, 0) is 4.79 Å². The summed E-state index contributed by atoms with van der Waals surface area (Å²) in [6, 6.07) is 13.8. The Labute approximate surface area is 163 Å². The van der Waals surface area contributed by atoms with Crippen LogP contribution in [0.25, 0.3) is 0 Å². The number of phenolic OH excluding ortho intramolecular Hbond substituents is 1. The fourth-order valence-corrected chi connectivity index (χ4v) is 3.22. The van der Waals surface area contributed by atoms with Crippen molar-refractivity contribution in [3.63, 3.8) is 0 Å². The molecule has 4 N–H and O–H groups in total. The van der Waals surface area contributed by atoms with Crippen LogP contribution in [-0.4, -0.2) is 22.7 Å². The molecule has 0 radical (unpaired) electrons. The van der Waals surface area contributed by atoms with Gasteiger partial charge in [-0.1, -0.05) is 24.3 Å². The van der Waals surface area contributed by atoms with Crippen LogP contribution in [0.3, 0.4) is 0 Å². The predicted octanol–water partition coefficient (Wildman–Crippen LogP) is 3.22. The third kappa shape index (κ3) is 4.20. The molecule has 7 heteroatoms. The van der Waals surface area contributed by atoms with Gasteiger partial charge in [0.15, 0.2) is 16.6 Å². The van der Waals surface area contributed by atoms with Crippen LogP contribution in [0.2, 0.25) is 0 Å². The van der Waals surface area contributed by atoms with Gasteiger partial charge in [-0.05, 0) is 55.9 Å². The average molecular weight is 383 g/mol. The molecule has 0 saturated carbocycles. The summed E-state index contributed by atoms with van der Waals surface area (Å²) in [6.07, 6.45) is 0. The van der Waals surface area contributed by atoms with Gasteiger partial charge in [-0.25, -0.2) is 0 Å². The Morgan fingerprint density at radius 2 is 2.00 bits per heavy atom. The quantitative estimate of drug-likeness (QED) is 0.594. The van der Waals surface area contributed by atoms with Gasteiger partial charge in [0.05, 0.1) is 18.2 Å². The summed E-state index contributed by atoms with van der Waals surface area (Å²) in [5.41, 5.74) is 2.65. The molecule has 27 heavy (non-hydrogen) atoms. The maximum atomic E-state index is 13.0. The number of carbonyl (C=O) groups excluding carboxylic acids is 1. The van der Waals surface area contributed by atoms with Crippen molar-refractivity contribution >= 4 is 28.9 Å². The van der Waals surface area contributed by atoms with Crippen molar-refractivity contribution in [2.75, 3.05) is 11.9 Å². The fourth-order valence-electron chi connectivity index (χ4n) is 2.95. The molecule has 2 aromatic carbocycles. The molecule has 0 unspecified atom stereocenters. The van der Waals surface area contributed by atoms with E-state index in [1.165, 1.54) is 0 Å². The number of phenols is 1. The van der Waals surface area contributed by atoms with E-state index in [2.05, 4.69) is 16.0 Å². The highest BCUT2D eigenvalue weighted by atomic mass is 32.1. The first kappa shape index (κ1) is 18.7. The van der Waals surface area contributed by atoms with Gasteiger partial charge in [0.1, 0.15) is 0 Å². The number of allylic oxidation sites excluding steroid dienone is 1. The van der Waals surface area contributed by atoms with E-state index in [0.29, 0.717) is 34.4 Å². The number of aromatic hydroxyl groups is 1. The minimum atomic E-state index is -0.470. The highest BCUT2D eigenvalue weighted by molar-refractivity contribution is 7.80. The standard InChI is InChI=1S/C20H21N3O3S/c1-3-26-16-11-13(9-10-15(16)24)18-17(12(2)21-20(27)23-18)19(25)22-14-7-5-4-6-8-14/h4-11,18,24H,3H2,1-2H3,(H,22,25)(H2,21,23,27)/t18-/m1/s1. The topological polar surface area (TPSA) is 82.6 Å². The first-order valence-corrected chi connectivity index (χ1v) is 9.00. The number of ether oxygens (including phenoxy) is 1. The number of thiocarbonyl (C=S) groups is 1. The van der Waals surface area contributed by atoms with E-state index in [-0.39, 0.29) is 11.7 Å². The summed E-state index contributed by atoms with van der Waals surface area (Å²) >= 11 is 5.27. The molecule has 0 bridgehead atoms. The summed E-state index contributed by atoms with van der Waals surface area (Å²) in [4.78, 5) is 13.0. The lowest BCUT2D eigenvalue weighted by molar-refractivity contribution is -0.113. The number of nitrogens with one attached hydrogen (secondary N) is 3. The first-order chi connectivity index (χ1) is 13.0. The van der Waals surface area contributed by atoms with E-state index >= 15 is 0 Å². The Bertz CT molecular complexity index is 897. The Kier molecular flexibility index (Phi) is 5.61. The molecule has 0 aliphatic carbocycles. The van der Waals surface area contributed by atoms with Gasteiger partial charge in [-0.15, -0.1) is 0 Å². The highest BCUT2D eigenvalue weighted by Crippen LogP contribution is 2.34. The molecular weight excluding hydrogens is 362 g/mol. The lowest BCUT2D eigenvalue weighted by Gasteiger charge is -2.30. The van der Waals surface area contributed by atoms with Crippen molar-refractivity contribution in [1.82, 2.24) is 10.6 Å². The number of amides is 1. The Morgan fingerprint density at radius 1 is 1.26 bits per heavy atom. The van der Waals surface area contributed by atoms with Gasteiger partial charge in [0, 0.05) is 11.4 Å². The molecule has 2 aromatic rings. The number of carbonyl (C=O) groups is 1. The van der Waals surface area contributed by atoms with Crippen molar-refractivity contribution in [3.8, 4) is 11.5 Å². The van der Waals surface area contributed by atoms with E-state index in [4.69, 9.17) is 17.0 Å². The summed E-state index contributed by atoms with van der Waals surface area (Å²) < 4.78 is 5.47. The predicted molar refractivity (Wildman–Crippen MR) is 109 cm³/mol. The zero-order valence-electron chi connectivity index (χ0n) is 15.1. The monoisotopic (exact) mass is 383 g/mol. The van der Waals surface area contributed by atoms with Crippen LogP contribution in [0, 0.1) is 0 Å². The molecule has 0 aromatic heterocycles. The molecule has 1 atom stereocenters. The second-order valence-electron chi connectivity index (χ2n) is 6.05. The highest BCUT2D eigenvalue weighted by Gasteiger charge is 2.30. The van der Waals surface area contributed by atoms with Crippen molar-refractivity contribution < 1.29 is 14.6 Å². The number of hydrogen-bond donors (Lipinski definition) is 4. The van der Waals surface area contributed by atoms with Crippen LogP contribution < -0.4 is 20.7 Å². The fraction of sp³-hybridized carbons (Fsp3) is 0.200. The molecule has 1 heterocycles. The van der Waals surface area contributed by atoms with Gasteiger partial charge in [-0.2, -0.15) is 0 Å². The third-order valence-electron chi connectivity index (χ3n) is 4.16. The van der Waals surface area contributed by atoms with E-state index in [0.717, 1.165) is 5.56 Å². The maximum absolute atomic E-state index is 13.0. The molecule has 140 valence electrons. The summed E-state index contributed by atoms with van der Waals surface area (Å²) in [5.74, 6) is 0.173. The zero-order chi connectivity index (χ0) is 19.4. The van der Waals surface area contributed by atoms with Crippen LogP contribution >= 0.6 is 12.2 Å². The van der Waals surface area contributed by atoms with Gasteiger partial charge >= 0.3 is 0 Å². The number of anilines is 1. The van der Waals surface area contributed by atoms with Gasteiger partial charge in [0.25, 0.3) is 5.91 Å². The molecule has 0 saturated heterocycles. The van der Waals surface area contributed by atoms with Crippen LogP contribution in [0.4, 0.5) is 5.69 Å². The lowest BCUT2D eigenvalue weighted by Crippen LogP contribution is -2.45. The van der Waals surface area contributed by atoms with E-state index in [1.807, 2.05) is 44.2 Å². The lowest BCUT2D eigenvalue weighted by atomic mass is 9.94. The smallest absolute Gasteiger partial charge is 0.255 e. The van der Waals surface area contributed by atoms with Gasteiger partial charge < -0.3 is 25.8 Å². The summed E-state index contributed by atoms with van der Waals surface area (Å²) in [6.45, 7) is 4.07. The van der Waals surface area contributed by atoms with Crippen molar-refractivity contribution in [2.24, 2.45) is 0 Å². The van der Waals surface area contributed by atoms with Gasteiger partial charge in [0.2, 0.25) is 0 Å². The minimum Gasteiger partial charge on any atom is -0.504 e. The number of para-hydroxylation sites is 1. The molecule has 0 fully saturated rings. The van der Waals surface area contributed by atoms with E-state index < -0.39 is 6.04 Å². The summed E-state index contributed by atoms with van der Waals surface area (Å²) in [7, 11) is 0. The molecule has 6 nitrogen and oxygen atoms in total. The molecule has 1 aliphatic rings. The van der Waals surface area contributed by atoms with Crippen LogP contribution in [0.1, 0.15) is 25.5 Å². The minimum absolute atomic E-state index is 0.0492. The van der Waals surface area contributed by atoms with Gasteiger partial charge in [-0.3, -0.25) is 4.79 Å². The Hall–Kier alpha value is -3.06. The Balaban J connectivity index is 1.97. The van der Waals surface area contributed by atoms with Crippen molar-refractivity contribution in [1.29, 1.82) is 0 Å².